The quantitative estimate of drug-likeness (QED) is 0.625. The Bertz CT molecular complexity index is 914. The van der Waals surface area contributed by atoms with Crippen LogP contribution in [0.3, 0.4) is 0 Å². The van der Waals surface area contributed by atoms with E-state index < -0.39 is 5.97 Å². The van der Waals surface area contributed by atoms with E-state index in [1.165, 1.54) is 6.92 Å². The molecular weight excluding hydrogens is 344 g/mol. The van der Waals surface area contributed by atoms with Gasteiger partial charge in [-0.25, -0.2) is 9.79 Å². The van der Waals surface area contributed by atoms with E-state index in [0.29, 0.717) is 17.9 Å². The van der Waals surface area contributed by atoms with Gasteiger partial charge in [-0.05, 0) is 54.5 Å². The smallest absolute Gasteiger partial charge is 0.363 e. The highest BCUT2D eigenvalue weighted by atomic mass is 16.6. The number of benzene rings is 2. The van der Waals surface area contributed by atoms with Crippen LogP contribution in [0.4, 0.5) is 5.69 Å². The summed E-state index contributed by atoms with van der Waals surface area (Å²) >= 11 is 0. The highest BCUT2D eigenvalue weighted by Crippen LogP contribution is 2.22. The van der Waals surface area contributed by atoms with Crippen LogP contribution >= 0.6 is 0 Å². The van der Waals surface area contributed by atoms with Crippen LogP contribution in [-0.4, -0.2) is 24.4 Å². The lowest BCUT2D eigenvalue weighted by atomic mass is 10.2. The standard InChI is InChI=1S/C21H20N2O4/c1-3-11-26-18-6-4-5-15(12-18)13-19-21(25)27-20(23-19)16-7-9-17(10-8-16)22-14(2)24/h4-10,12-13H,3,11H2,1-2H3,(H,22,24)/b19-13-. The maximum atomic E-state index is 12.1. The first-order chi connectivity index (χ1) is 13.0. The van der Waals surface area contributed by atoms with Crippen LogP contribution < -0.4 is 10.1 Å². The van der Waals surface area contributed by atoms with Crippen molar-refractivity contribution in [2.24, 2.45) is 4.99 Å². The molecule has 0 saturated heterocycles. The third kappa shape index (κ3) is 4.82. The molecule has 0 unspecified atom stereocenters. The molecule has 0 spiro atoms. The number of amides is 1. The third-order valence-corrected chi connectivity index (χ3v) is 3.71. The predicted molar refractivity (Wildman–Crippen MR) is 104 cm³/mol. The Balaban J connectivity index is 1.79. The van der Waals surface area contributed by atoms with Crippen molar-refractivity contribution in [3.8, 4) is 5.75 Å². The Morgan fingerprint density at radius 2 is 2.00 bits per heavy atom. The molecule has 0 fully saturated rings. The van der Waals surface area contributed by atoms with Crippen LogP contribution in [0.5, 0.6) is 5.75 Å². The number of hydrogen-bond donors (Lipinski definition) is 1. The molecule has 2 aromatic rings. The van der Waals surface area contributed by atoms with Crippen molar-refractivity contribution < 1.29 is 19.1 Å². The normalized spacial score (nSPS) is 14.7. The first-order valence-corrected chi connectivity index (χ1v) is 8.68. The number of anilines is 1. The fourth-order valence-corrected chi connectivity index (χ4v) is 2.50. The number of cyclic esters (lactones) is 1. The predicted octanol–water partition coefficient (Wildman–Crippen LogP) is 3.78. The molecule has 1 aliphatic rings. The van der Waals surface area contributed by atoms with Crippen molar-refractivity contribution >= 4 is 29.5 Å². The van der Waals surface area contributed by atoms with Crippen molar-refractivity contribution in [3.05, 3.63) is 65.4 Å². The minimum atomic E-state index is -0.504. The van der Waals surface area contributed by atoms with Gasteiger partial charge in [-0.1, -0.05) is 19.1 Å². The Morgan fingerprint density at radius 3 is 2.70 bits per heavy atom. The molecule has 27 heavy (non-hydrogen) atoms. The van der Waals surface area contributed by atoms with Gasteiger partial charge in [0.2, 0.25) is 11.8 Å². The lowest BCUT2D eigenvalue weighted by molar-refractivity contribution is -0.129. The molecule has 0 radical (unpaired) electrons. The van der Waals surface area contributed by atoms with Crippen LogP contribution in [0.15, 0.2) is 59.2 Å². The second-order valence-electron chi connectivity index (χ2n) is 6.02. The van der Waals surface area contributed by atoms with Gasteiger partial charge in [0.1, 0.15) is 5.75 Å². The van der Waals surface area contributed by atoms with E-state index in [2.05, 4.69) is 10.3 Å². The molecule has 6 nitrogen and oxygen atoms in total. The van der Waals surface area contributed by atoms with E-state index in [-0.39, 0.29) is 17.5 Å². The van der Waals surface area contributed by atoms with Crippen molar-refractivity contribution in [2.45, 2.75) is 20.3 Å². The van der Waals surface area contributed by atoms with Crippen molar-refractivity contribution in [3.63, 3.8) is 0 Å². The number of esters is 1. The lowest BCUT2D eigenvalue weighted by Gasteiger charge is -2.04. The van der Waals surface area contributed by atoms with Gasteiger partial charge in [0.15, 0.2) is 5.70 Å². The zero-order valence-electron chi connectivity index (χ0n) is 15.2. The molecule has 0 aromatic heterocycles. The Morgan fingerprint density at radius 1 is 1.22 bits per heavy atom. The highest BCUT2D eigenvalue weighted by Gasteiger charge is 2.24. The van der Waals surface area contributed by atoms with Crippen LogP contribution in [0, 0.1) is 0 Å². The number of aliphatic imine (C=N–C) groups is 1. The average molecular weight is 364 g/mol. The third-order valence-electron chi connectivity index (χ3n) is 3.71. The number of carbonyl (C=O) groups is 2. The number of carbonyl (C=O) groups excluding carboxylic acids is 2. The molecule has 1 heterocycles. The highest BCUT2D eigenvalue weighted by molar-refractivity contribution is 6.13. The Labute approximate surface area is 157 Å². The monoisotopic (exact) mass is 364 g/mol. The minimum absolute atomic E-state index is 0.150. The summed E-state index contributed by atoms with van der Waals surface area (Å²) in [7, 11) is 0. The van der Waals surface area contributed by atoms with Gasteiger partial charge in [0, 0.05) is 18.2 Å². The van der Waals surface area contributed by atoms with Gasteiger partial charge in [-0.15, -0.1) is 0 Å². The van der Waals surface area contributed by atoms with Gasteiger partial charge in [-0.3, -0.25) is 4.79 Å². The second-order valence-corrected chi connectivity index (χ2v) is 6.02. The lowest BCUT2D eigenvalue weighted by Crippen LogP contribution is -2.07. The van der Waals surface area contributed by atoms with Gasteiger partial charge in [0.25, 0.3) is 0 Å². The van der Waals surface area contributed by atoms with Crippen molar-refractivity contribution in [2.75, 3.05) is 11.9 Å². The van der Waals surface area contributed by atoms with E-state index >= 15 is 0 Å². The van der Waals surface area contributed by atoms with E-state index in [4.69, 9.17) is 9.47 Å². The van der Waals surface area contributed by atoms with Crippen LogP contribution in [-0.2, 0) is 14.3 Å². The zero-order chi connectivity index (χ0) is 19.2. The SMILES string of the molecule is CCCOc1cccc(/C=C2\N=C(c3ccc(NC(C)=O)cc3)OC2=O)c1. The average Bonchev–Trinajstić information content (AvgIpc) is 3.01. The summed E-state index contributed by atoms with van der Waals surface area (Å²) in [5.41, 5.74) is 2.35. The molecule has 138 valence electrons. The molecule has 1 aliphatic heterocycles. The summed E-state index contributed by atoms with van der Waals surface area (Å²) in [4.78, 5) is 27.5. The molecule has 2 aromatic carbocycles. The first kappa shape index (κ1) is 18.4. The van der Waals surface area contributed by atoms with Gasteiger partial charge in [-0.2, -0.15) is 0 Å². The molecule has 0 aliphatic carbocycles. The number of ether oxygens (including phenoxy) is 2. The fraction of sp³-hybridized carbons (Fsp3) is 0.190. The van der Waals surface area contributed by atoms with E-state index in [1.54, 1.807) is 30.3 Å². The number of nitrogens with zero attached hydrogens (tertiary/aromatic N) is 1. The molecule has 1 N–H and O–H groups in total. The van der Waals surface area contributed by atoms with Crippen molar-refractivity contribution in [1.82, 2.24) is 0 Å². The molecule has 0 saturated carbocycles. The summed E-state index contributed by atoms with van der Waals surface area (Å²) < 4.78 is 10.9. The molecule has 0 atom stereocenters. The number of hydrogen-bond acceptors (Lipinski definition) is 5. The maximum Gasteiger partial charge on any atom is 0.363 e. The summed E-state index contributed by atoms with van der Waals surface area (Å²) in [6.45, 7) is 4.12. The topological polar surface area (TPSA) is 77.0 Å². The van der Waals surface area contributed by atoms with Gasteiger partial charge >= 0.3 is 5.97 Å². The number of rotatable bonds is 6. The number of nitrogens with one attached hydrogen (secondary N) is 1. The zero-order valence-corrected chi connectivity index (χ0v) is 15.2. The fourth-order valence-electron chi connectivity index (χ4n) is 2.50. The summed E-state index contributed by atoms with van der Waals surface area (Å²) in [5.74, 6) is 0.327. The van der Waals surface area contributed by atoms with Crippen LogP contribution in [0.2, 0.25) is 0 Å². The van der Waals surface area contributed by atoms with E-state index in [0.717, 1.165) is 17.7 Å². The molecule has 6 heteroatoms. The molecule has 1 amide bonds. The molecule has 3 rings (SSSR count). The Kier molecular flexibility index (Phi) is 5.66. The van der Waals surface area contributed by atoms with Gasteiger partial charge in [0.05, 0.1) is 6.61 Å². The second kappa shape index (κ2) is 8.31. The summed E-state index contributed by atoms with van der Waals surface area (Å²) in [6.07, 6.45) is 2.59. The molecular formula is C21H20N2O4. The Hall–Kier alpha value is -3.41. The maximum absolute atomic E-state index is 12.1. The van der Waals surface area contributed by atoms with E-state index in [1.807, 2.05) is 31.2 Å². The minimum Gasteiger partial charge on any atom is -0.494 e. The van der Waals surface area contributed by atoms with Crippen molar-refractivity contribution in [1.29, 1.82) is 0 Å². The van der Waals surface area contributed by atoms with Crippen LogP contribution in [0.25, 0.3) is 6.08 Å². The first-order valence-electron chi connectivity index (χ1n) is 8.68. The largest absolute Gasteiger partial charge is 0.494 e. The van der Waals surface area contributed by atoms with Crippen LogP contribution in [0.1, 0.15) is 31.4 Å². The van der Waals surface area contributed by atoms with E-state index in [9.17, 15) is 9.59 Å². The summed E-state index contributed by atoms with van der Waals surface area (Å²) in [6, 6.07) is 14.4. The summed E-state index contributed by atoms with van der Waals surface area (Å²) in [5, 5.41) is 2.68. The van der Waals surface area contributed by atoms with Gasteiger partial charge < -0.3 is 14.8 Å². The molecule has 0 bridgehead atoms.